The number of amides is 1. The topological polar surface area (TPSA) is 41.1 Å². The number of fused-ring (bicyclic) bond motifs is 1. The van der Waals surface area contributed by atoms with Crippen LogP contribution in [0.2, 0.25) is 10.0 Å². The Balaban J connectivity index is 2.46. The standard InChI is InChI=1S/C10H10Cl2N2O/c1-5-2-10(15)14-9-4-7(12)6(11)3-8(9)13-5/h3-5,13H,2H2,1H3,(H,14,15). The van der Waals surface area contributed by atoms with Crippen LogP contribution in [0.15, 0.2) is 12.1 Å². The van der Waals surface area contributed by atoms with Gasteiger partial charge in [0, 0.05) is 12.5 Å². The van der Waals surface area contributed by atoms with E-state index in [9.17, 15) is 4.79 Å². The molecular weight excluding hydrogens is 235 g/mol. The minimum atomic E-state index is -0.0212. The summed E-state index contributed by atoms with van der Waals surface area (Å²) in [5.74, 6) is -0.0212. The van der Waals surface area contributed by atoms with E-state index in [1.807, 2.05) is 6.92 Å². The quantitative estimate of drug-likeness (QED) is 0.737. The number of hydrogen-bond donors (Lipinski definition) is 2. The smallest absolute Gasteiger partial charge is 0.226 e. The zero-order chi connectivity index (χ0) is 11.0. The van der Waals surface area contributed by atoms with Gasteiger partial charge in [0.25, 0.3) is 0 Å². The molecule has 1 unspecified atom stereocenters. The number of hydrogen-bond acceptors (Lipinski definition) is 2. The molecule has 0 spiro atoms. The number of halogens is 2. The number of carbonyl (C=O) groups is 1. The molecule has 0 fully saturated rings. The van der Waals surface area contributed by atoms with Gasteiger partial charge >= 0.3 is 0 Å². The zero-order valence-electron chi connectivity index (χ0n) is 8.10. The maximum absolute atomic E-state index is 11.4. The average Bonchev–Trinajstić information content (AvgIpc) is 2.24. The molecule has 0 bridgehead atoms. The number of carbonyl (C=O) groups excluding carboxylic acids is 1. The Hall–Kier alpha value is -0.930. The third kappa shape index (κ3) is 2.19. The lowest BCUT2D eigenvalue weighted by atomic mass is 10.2. The minimum absolute atomic E-state index is 0.0212. The van der Waals surface area contributed by atoms with Crippen LogP contribution < -0.4 is 10.6 Å². The molecule has 1 aliphatic rings. The van der Waals surface area contributed by atoms with Crippen LogP contribution in [0.1, 0.15) is 13.3 Å². The zero-order valence-corrected chi connectivity index (χ0v) is 9.62. The van der Waals surface area contributed by atoms with Crippen molar-refractivity contribution < 1.29 is 4.79 Å². The van der Waals surface area contributed by atoms with Crippen molar-refractivity contribution in [2.24, 2.45) is 0 Å². The molecule has 0 saturated heterocycles. The molecule has 1 aromatic carbocycles. The van der Waals surface area contributed by atoms with Crippen LogP contribution in [0.3, 0.4) is 0 Å². The van der Waals surface area contributed by atoms with Crippen molar-refractivity contribution in [2.45, 2.75) is 19.4 Å². The van der Waals surface area contributed by atoms with Crippen LogP contribution in [-0.4, -0.2) is 11.9 Å². The van der Waals surface area contributed by atoms with E-state index in [1.165, 1.54) is 0 Å². The van der Waals surface area contributed by atoms with Gasteiger partial charge in [0.2, 0.25) is 5.91 Å². The van der Waals surface area contributed by atoms with Crippen LogP contribution in [0.5, 0.6) is 0 Å². The Labute approximate surface area is 97.8 Å². The van der Waals surface area contributed by atoms with Gasteiger partial charge < -0.3 is 10.6 Å². The Morgan fingerprint density at radius 2 is 1.87 bits per heavy atom. The molecule has 0 aliphatic carbocycles. The average molecular weight is 245 g/mol. The van der Waals surface area contributed by atoms with Gasteiger partial charge in [-0.2, -0.15) is 0 Å². The van der Waals surface area contributed by atoms with E-state index in [1.54, 1.807) is 12.1 Å². The van der Waals surface area contributed by atoms with Gasteiger partial charge in [0.15, 0.2) is 0 Å². The first-order valence-electron chi connectivity index (χ1n) is 4.61. The molecule has 2 N–H and O–H groups in total. The molecular formula is C10H10Cl2N2O. The largest absolute Gasteiger partial charge is 0.380 e. The Kier molecular flexibility index (Phi) is 2.76. The second-order valence-electron chi connectivity index (χ2n) is 3.61. The summed E-state index contributed by atoms with van der Waals surface area (Å²) >= 11 is 11.8. The van der Waals surface area contributed by atoms with Crippen LogP contribution in [0, 0.1) is 0 Å². The predicted molar refractivity (Wildman–Crippen MR) is 62.8 cm³/mol. The SMILES string of the molecule is CC1CC(=O)Nc2cc(Cl)c(Cl)cc2N1. The van der Waals surface area contributed by atoms with Crippen molar-refractivity contribution in [3.63, 3.8) is 0 Å². The Morgan fingerprint density at radius 3 is 2.53 bits per heavy atom. The molecule has 0 aromatic heterocycles. The van der Waals surface area contributed by atoms with Gasteiger partial charge in [-0.05, 0) is 19.1 Å². The third-order valence-electron chi connectivity index (χ3n) is 2.23. The summed E-state index contributed by atoms with van der Waals surface area (Å²) in [5, 5.41) is 6.89. The normalized spacial score (nSPS) is 19.9. The van der Waals surface area contributed by atoms with Gasteiger partial charge in [0.05, 0.1) is 21.4 Å². The molecule has 0 saturated carbocycles. The molecule has 2 rings (SSSR count). The van der Waals surface area contributed by atoms with Crippen molar-refractivity contribution in [2.75, 3.05) is 10.6 Å². The molecule has 1 amide bonds. The lowest BCUT2D eigenvalue weighted by Gasteiger charge is -2.12. The highest BCUT2D eigenvalue weighted by Gasteiger charge is 2.18. The van der Waals surface area contributed by atoms with E-state index in [0.717, 1.165) is 5.69 Å². The molecule has 1 heterocycles. The highest BCUT2D eigenvalue weighted by Crippen LogP contribution is 2.34. The van der Waals surface area contributed by atoms with Crippen molar-refractivity contribution in [3.8, 4) is 0 Å². The van der Waals surface area contributed by atoms with E-state index in [2.05, 4.69) is 10.6 Å². The highest BCUT2D eigenvalue weighted by molar-refractivity contribution is 6.42. The van der Waals surface area contributed by atoms with E-state index in [-0.39, 0.29) is 11.9 Å². The molecule has 0 radical (unpaired) electrons. The summed E-state index contributed by atoms with van der Waals surface area (Å²) in [7, 11) is 0. The molecule has 1 atom stereocenters. The number of anilines is 2. The summed E-state index contributed by atoms with van der Waals surface area (Å²) in [5.41, 5.74) is 1.49. The fourth-order valence-corrected chi connectivity index (χ4v) is 1.89. The summed E-state index contributed by atoms with van der Waals surface area (Å²) in [6.07, 6.45) is 0.434. The number of nitrogens with one attached hydrogen (secondary N) is 2. The van der Waals surface area contributed by atoms with E-state index >= 15 is 0 Å². The molecule has 80 valence electrons. The van der Waals surface area contributed by atoms with Gasteiger partial charge in [-0.25, -0.2) is 0 Å². The summed E-state index contributed by atoms with van der Waals surface area (Å²) in [6, 6.07) is 3.47. The summed E-state index contributed by atoms with van der Waals surface area (Å²) < 4.78 is 0. The number of rotatable bonds is 0. The first-order valence-corrected chi connectivity index (χ1v) is 5.37. The second-order valence-corrected chi connectivity index (χ2v) is 4.42. The van der Waals surface area contributed by atoms with Crippen molar-refractivity contribution in [3.05, 3.63) is 22.2 Å². The fraction of sp³-hybridized carbons (Fsp3) is 0.300. The van der Waals surface area contributed by atoms with Gasteiger partial charge in [-0.1, -0.05) is 23.2 Å². The van der Waals surface area contributed by atoms with E-state index in [4.69, 9.17) is 23.2 Å². The fourth-order valence-electron chi connectivity index (χ4n) is 1.57. The lowest BCUT2D eigenvalue weighted by molar-refractivity contribution is -0.116. The molecule has 1 aliphatic heterocycles. The second kappa shape index (κ2) is 3.91. The number of benzene rings is 1. The minimum Gasteiger partial charge on any atom is -0.380 e. The molecule has 1 aromatic rings. The first-order chi connectivity index (χ1) is 7.06. The van der Waals surface area contributed by atoms with Crippen LogP contribution >= 0.6 is 23.2 Å². The maximum Gasteiger partial charge on any atom is 0.226 e. The molecule has 3 nitrogen and oxygen atoms in total. The molecule has 15 heavy (non-hydrogen) atoms. The van der Waals surface area contributed by atoms with Crippen molar-refractivity contribution in [1.82, 2.24) is 0 Å². The Bertz CT molecular complexity index is 420. The van der Waals surface area contributed by atoms with Gasteiger partial charge in [-0.15, -0.1) is 0 Å². The highest BCUT2D eigenvalue weighted by atomic mass is 35.5. The lowest BCUT2D eigenvalue weighted by Crippen LogP contribution is -2.18. The maximum atomic E-state index is 11.4. The summed E-state index contributed by atoms with van der Waals surface area (Å²) in [4.78, 5) is 11.4. The van der Waals surface area contributed by atoms with Gasteiger partial charge in [0.1, 0.15) is 0 Å². The monoisotopic (exact) mass is 244 g/mol. The van der Waals surface area contributed by atoms with Crippen LogP contribution in [0.25, 0.3) is 0 Å². The van der Waals surface area contributed by atoms with Gasteiger partial charge in [-0.3, -0.25) is 4.79 Å². The van der Waals surface area contributed by atoms with E-state index in [0.29, 0.717) is 22.2 Å². The van der Waals surface area contributed by atoms with Crippen molar-refractivity contribution in [1.29, 1.82) is 0 Å². The Morgan fingerprint density at radius 1 is 1.27 bits per heavy atom. The van der Waals surface area contributed by atoms with Crippen molar-refractivity contribution >= 4 is 40.5 Å². The first kappa shape index (κ1) is 10.6. The van der Waals surface area contributed by atoms with Crippen LogP contribution in [-0.2, 0) is 4.79 Å². The predicted octanol–water partition coefficient (Wildman–Crippen LogP) is 3.14. The van der Waals surface area contributed by atoms with Crippen LogP contribution in [0.4, 0.5) is 11.4 Å². The third-order valence-corrected chi connectivity index (χ3v) is 2.95. The molecule has 5 heteroatoms. The van der Waals surface area contributed by atoms with E-state index < -0.39 is 0 Å². The summed E-state index contributed by atoms with van der Waals surface area (Å²) in [6.45, 7) is 1.94.